The van der Waals surface area contributed by atoms with E-state index in [4.69, 9.17) is 18.9 Å². The van der Waals surface area contributed by atoms with Crippen molar-refractivity contribution in [3.63, 3.8) is 0 Å². The second-order valence-corrected chi connectivity index (χ2v) is 6.88. The molecule has 154 valence electrons. The van der Waals surface area contributed by atoms with Crippen LogP contribution in [-0.4, -0.2) is 70.8 Å². The third-order valence-electron chi connectivity index (χ3n) is 5.21. The number of carbonyl (C=O) groups is 1. The highest BCUT2D eigenvalue weighted by atomic mass is 16.7. The molecule has 2 aliphatic heterocycles. The number of rotatable bonds is 4. The van der Waals surface area contributed by atoms with Gasteiger partial charge in [0.1, 0.15) is 47.2 Å². The van der Waals surface area contributed by atoms with Crippen molar-refractivity contribution in [1.29, 1.82) is 0 Å². The monoisotopic (exact) mass is 396 g/mol. The molecule has 4 N–H and O–H groups in total. The number of methoxy groups -OCH3 is 1. The van der Waals surface area contributed by atoms with E-state index >= 15 is 0 Å². The van der Waals surface area contributed by atoms with Gasteiger partial charge in [0.05, 0.1) is 13.7 Å². The van der Waals surface area contributed by atoms with Crippen LogP contribution < -0.4 is 9.47 Å². The number of ether oxygens (including phenoxy) is 4. The van der Waals surface area contributed by atoms with E-state index in [2.05, 4.69) is 6.58 Å². The van der Waals surface area contributed by atoms with Crippen molar-refractivity contribution in [3.05, 3.63) is 35.1 Å². The quantitative estimate of drug-likeness (QED) is 0.518. The fourth-order valence-corrected chi connectivity index (χ4v) is 3.52. The smallest absolute Gasteiger partial charge is 0.347 e. The fourth-order valence-electron chi connectivity index (χ4n) is 3.52. The Morgan fingerprint density at radius 1 is 1.18 bits per heavy atom. The molecular weight excluding hydrogens is 372 g/mol. The van der Waals surface area contributed by atoms with Gasteiger partial charge in [-0.3, -0.25) is 0 Å². The summed E-state index contributed by atoms with van der Waals surface area (Å²) < 4.78 is 21.6. The van der Waals surface area contributed by atoms with E-state index in [-0.39, 0.29) is 23.0 Å². The van der Waals surface area contributed by atoms with Crippen LogP contribution in [0.2, 0.25) is 0 Å². The molecule has 9 heteroatoms. The minimum atomic E-state index is -1.62. The molecule has 0 aromatic heterocycles. The average molecular weight is 396 g/mol. The zero-order valence-corrected chi connectivity index (χ0v) is 15.8. The number of esters is 1. The van der Waals surface area contributed by atoms with Gasteiger partial charge in [-0.25, -0.2) is 4.79 Å². The van der Waals surface area contributed by atoms with Crippen LogP contribution >= 0.6 is 0 Å². The first-order valence-electron chi connectivity index (χ1n) is 8.80. The summed E-state index contributed by atoms with van der Waals surface area (Å²) in [5.41, 5.74) is 1.46. The van der Waals surface area contributed by atoms with E-state index in [1.165, 1.54) is 13.2 Å². The second-order valence-electron chi connectivity index (χ2n) is 6.88. The first-order chi connectivity index (χ1) is 13.2. The number of aliphatic hydroxyl groups is 4. The van der Waals surface area contributed by atoms with Gasteiger partial charge < -0.3 is 39.4 Å². The van der Waals surface area contributed by atoms with Crippen LogP contribution in [0.15, 0.2) is 18.4 Å². The lowest BCUT2D eigenvalue weighted by Crippen LogP contribution is -2.60. The van der Waals surface area contributed by atoms with E-state index in [0.29, 0.717) is 16.9 Å². The van der Waals surface area contributed by atoms with Gasteiger partial charge in [0.25, 0.3) is 0 Å². The van der Waals surface area contributed by atoms with Gasteiger partial charge in [-0.1, -0.05) is 13.5 Å². The van der Waals surface area contributed by atoms with Crippen molar-refractivity contribution in [3.8, 4) is 11.5 Å². The minimum Gasteiger partial charge on any atom is -0.496 e. The third-order valence-corrected chi connectivity index (χ3v) is 5.21. The molecule has 2 heterocycles. The predicted octanol–water partition coefficient (Wildman–Crippen LogP) is -0.0301. The molecule has 6 atom stereocenters. The summed E-state index contributed by atoms with van der Waals surface area (Å²) >= 11 is 0. The molecule has 1 fully saturated rings. The highest BCUT2D eigenvalue weighted by Crippen LogP contribution is 2.44. The molecule has 0 aliphatic carbocycles. The van der Waals surface area contributed by atoms with Crippen molar-refractivity contribution in [2.24, 2.45) is 0 Å². The number of cyclic esters (lactones) is 1. The Morgan fingerprint density at radius 3 is 2.46 bits per heavy atom. The van der Waals surface area contributed by atoms with Crippen LogP contribution in [0.1, 0.15) is 34.3 Å². The molecule has 0 saturated carbocycles. The molecule has 28 heavy (non-hydrogen) atoms. The first kappa shape index (κ1) is 20.6. The SMILES string of the molecule is C=C1OC(=O)c2c(O[C@@H]3OC(CO)[C@H](O)C(O)C3O)cc(OC)c(C)c2C1C. The number of hydrogen-bond acceptors (Lipinski definition) is 9. The van der Waals surface area contributed by atoms with E-state index < -0.39 is 43.3 Å². The van der Waals surface area contributed by atoms with Crippen LogP contribution in [-0.2, 0) is 9.47 Å². The number of allylic oxidation sites excluding steroid dienone is 1. The van der Waals surface area contributed by atoms with Crippen molar-refractivity contribution in [2.45, 2.75) is 50.5 Å². The molecule has 1 saturated heterocycles. The van der Waals surface area contributed by atoms with Gasteiger partial charge >= 0.3 is 5.97 Å². The topological polar surface area (TPSA) is 135 Å². The molecule has 4 unspecified atom stereocenters. The Labute approximate surface area is 161 Å². The van der Waals surface area contributed by atoms with Crippen LogP contribution in [0.25, 0.3) is 0 Å². The van der Waals surface area contributed by atoms with E-state index in [1.807, 2.05) is 6.92 Å². The summed E-state index contributed by atoms with van der Waals surface area (Å²) in [6, 6.07) is 1.46. The lowest BCUT2D eigenvalue weighted by Gasteiger charge is -2.40. The second kappa shape index (κ2) is 7.69. The molecular formula is C19H24O9. The Hall–Kier alpha value is -2.17. The highest BCUT2D eigenvalue weighted by molar-refractivity contribution is 5.97. The largest absolute Gasteiger partial charge is 0.496 e. The third kappa shape index (κ3) is 3.25. The Balaban J connectivity index is 2.05. The van der Waals surface area contributed by atoms with Crippen molar-refractivity contribution < 1.29 is 44.2 Å². The van der Waals surface area contributed by atoms with Crippen molar-refractivity contribution >= 4 is 5.97 Å². The minimum absolute atomic E-state index is 0.0196. The number of benzene rings is 1. The lowest BCUT2D eigenvalue weighted by atomic mass is 9.87. The molecule has 0 radical (unpaired) electrons. The maximum absolute atomic E-state index is 12.5. The number of carbonyl (C=O) groups excluding carboxylic acids is 1. The summed E-state index contributed by atoms with van der Waals surface area (Å²) in [4.78, 5) is 12.5. The number of hydrogen-bond donors (Lipinski definition) is 4. The Kier molecular flexibility index (Phi) is 5.64. The molecule has 0 spiro atoms. The molecule has 9 nitrogen and oxygen atoms in total. The Morgan fingerprint density at radius 2 is 1.86 bits per heavy atom. The van der Waals surface area contributed by atoms with Crippen LogP contribution in [0.3, 0.4) is 0 Å². The predicted molar refractivity (Wildman–Crippen MR) is 95.1 cm³/mol. The van der Waals surface area contributed by atoms with E-state index in [1.54, 1.807) is 6.92 Å². The summed E-state index contributed by atoms with van der Waals surface area (Å²) in [7, 11) is 1.47. The van der Waals surface area contributed by atoms with Gasteiger partial charge in [-0.15, -0.1) is 0 Å². The number of aliphatic hydroxyl groups excluding tert-OH is 4. The average Bonchev–Trinajstić information content (AvgIpc) is 2.67. The van der Waals surface area contributed by atoms with Gasteiger partial charge in [0.15, 0.2) is 0 Å². The van der Waals surface area contributed by atoms with Crippen LogP contribution in [0.5, 0.6) is 11.5 Å². The Bertz CT molecular complexity index is 788. The summed E-state index contributed by atoms with van der Waals surface area (Å²) in [5.74, 6) is -0.255. The fraction of sp³-hybridized carbons (Fsp3) is 0.526. The molecule has 0 bridgehead atoms. The molecule has 1 aromatic carbocycles. The van der Waals surface area contributed by atoms with Gasteiger partial charge in [0.2, 0.25) is 6.29 Å². The maximum atomic E-state index is 12.5. The van der Waals surface area contributed by atoms with Gasteiger partial charge in [0, 0.05) is 12.0 Å². The lowest BCUT2D eigenvalue weighted by molar-refractivity contribution is -0.277. The molecule has 0 amide bonds. The first-order valence-corrected chi connectivity index (χ1v) is 8.80. The van der Waals surface area contributed by atoms with Crippen LogP contribution in [0.4, 0.5) is 0 Å². The highest BCUT2D eigenvalue weighted by Gasteiger charge is 2.45. The van der Waals surface area contributed by atoms with Crippen LogP contribution in [0, 0.1) is 6.92 Å². The number of fused-ring (bicyclic) bond motifs is 1. The normalized spacial score (nSPS) is 32.5. The van der Waals surface area contributed by atoms with E-state index in [0.717, 1.165) is 0 Å². The standard InChI is InChI=1S/C19H24O9/c1-7-9(3)26-18(24)14-11(5-10(25-4)8(2)13(7)14)27-19-17(23)16(22)15(21)12(6-20)28-19/h5,7,12,15-17,19-23H,3,6H2,1-2,4H3/t7?,12?,15-,16?,17?,19+/m0/s1. The summed E-state index contributed by atoms with van der Waals surface area (Å²) in [6.07, 6.45) is -7.33. The van der Waals surface area contributed by atoms with Gasteiger partial charge in [-0.2, -0.15) is 0 Å². The maximum Gasteiger partial charge on any atom is 0.347 e. The van der Waals surface area contributed by atoms with Crippen molar-refractivity contribution in [2.75, 3.05) is 13.7 Å². The molecule has 1 aromatic rings. The van der Waals surface area contributed by atoms with Crippen molar-refractivity contribution in [1.82, 2.24) is 0 Å². The zero-order chi connectivity index (χ0) is 20.7. The molecule has 2 aliphatic rings. The summed E-state index contributed by atoms with van der Waals surface area (Å²) in [5, 5.41) is 39.4. The van der Waals surface area contributed by atoms with Gasteiger partial charge in [-0.05, 0) is 18.1 Å². The zero-order valence-electron chi connectivity index (χ0n) is 15.8. The summed E-state index contributed by atoms with van der Waals surface area (Å²) in [6.45, 7) is 6.77. The molecule has 3 rings (SSSR count). The van der Waals surface area contributed by atoms with E-state index in [9.17, 15) is 25.2 Å².